The zero-order chi connectivity index (χ0) is 10.1. The van der Waals surface area contributed by atoms with Gasteiger partial charge in [0.25, 0.3) is 0 Å². The Morgan fingerprint density at radius 3 is 2.50 bits per heavy atom. The lowest BCUT2D eigenvalue weighted by atomic mass is 10.1. The molecule has 14 heavy (non-hydrogen) atoms. The highest BCUT2D eigenvalue weighted by Gasteiger charge is 2.04. The number of allylic oxidation sites excluding steroid dienone is 2. The topological polar surface area (TPSA) is 9.23 Å². The molecule has 0 N–H and O–H groups in total. The van der Waals surface area contributed by atoms with Gasteiger partial charge in [-0.05, 0) is 25.0 Å². The number of unbranched alkanes of at least 4 members (excludes halogenated alkanes) is 5. The maximum atomic E-state index is 5.44. The molecule has 0 saturated heterocycles. The largest absolute Gasteiger partial charge is 0.494 e. The molecule has 0 spiro atoms. The third-order valence-electron chi connectivity index (χ3n) is 2.61. The zero-order valence-electron chi connectivity index (χ0n) is 9.24. The molecular formula is C13H22O. The molecule has 0 aromatic carbocycles. The molecule has 0 saturated carbocycles. The van der Waals surface area contributed by atoms with Crippen LogP contribution in [0.2, 0.25) is 0 Å². The van der Waals surface area contributed by atoms with E-state index in [2.05, 4.69) is 19.1 Å². The predicted molar refractivity (Wildman–Crippen MR) is 61.1 cm³/mol. The van der Waals surface area contributed by atoms with Crippen molar-refractivity contribution < 1.29 is 4.74 Å². The van der Waals surface area contributed by atoms with Crippen LogP contribution in [0.15, 0.2) is 24.5 Å². The first-order valence-electron chi connectivity index (χ1n) is 5.92. The summed E-state index contributed by atoms with van der Waals surface area (Å²) in [6.07, 6.45) is 17.6. The standard InChI is InChI=1S/C13H22O/c1-2-3-4-5-6-7-10-13-11-8-9-12-14-13/h8-9,11-13H,2-7,10H2,1H3. The lowest BCUT2D eigenvalue weighted by Crippen LogP contribution is -2.07. The van der Waals surface area contributed by atoms with Crippen molar-refractivity contribution in [2.45, 2.75) is 58.0 Å². The van der Waals surface area contributed by atoms with Crippen LogP contribution in [-0.2, 0) is 4.74 Å². The predicted octanol–water partition coefficient (Wildman–Crippen LogP) is 4.21. The molecule has 0 amide bonds. The van der Waals surface area contributed by atoms with Gasteiger partial charge in [0.15, 0.2) is 0 Å². The SMILES string of the molecule is CCCCCCCCC1C=CC=CO1. The molecule has 0 aliphatic carbocycles. The highest BCUT2D eigenvalue weighted by Crippen LogP contribution is 2.13. The third-order valence-corrected chi connectivity index (χ3v) is 2.61. The second-order valence-corrected chi connectivity index (χ2v) is 3.94. The summed E-state index contributed by atoms with van der Waals surface area (Å²) in [6, 6.07) is 0. The lowest BCUT2D eigenvalue weighted by Gasteiger charge is -2.14. The molecule has 1 aliphatic rings. The lowest BCUT2D eigenvalue weighted by molar-refractivity contribution is 0.170. The molecule has 80 valence electrons. The Morgan fingerprint density at radius 2 is 1.79 bits per heavy atom. The second-order valence-electron chi connectivity index (χ2n) is 3.94. The highest BCUT2D eigenvalue weighted by molar-refractivity contribution is 5.07. The molecule has 1 atom stereocenters. The van der Waals surface area contributed by atoms with Gasteiger partial charge in [0, 0.05) is 0 Å². The van der Waals surface area contributed by atoms with Gasteiger partial charge >= 0.3 is 0 Å². The van der Waals surface area contributed by atoms with Crippen molar-refractivity contribution in [1.82, 2.24) is 0 Å². The number of hydrogen-bond donors (Lipinski definition) is 0. The molecule has 0 aromatic rings. The molecule has 0 radical (unpaired) electrons. The van der Waals surface area contributed by atoms with Gasteiger partial charge in [-0.25, -0.2) is 0 Å². The summed E-state index contributed by atoms with van der Waals surface area (Å²) >= 11 is 0. The van der Waals surface area contributed by atoms with Crippen LogP contribution in [-0.4, -0.2) is 6.10 Å². The summed E-state index contributed by atoms with van der Waals surface area (Å²) in [4.78, 5) is 0. The third kappa shape index (κ3) is 5.11. The van der Waals surface area contributed by atoms with Gasteiger partial charge in [0.1, 0.15) is 6.10 Å². The van der Waals surface area contributed by atoms with Crippen molar-refractivity contribution >= 4 is 0 Å². The van der Waals surface area contributed by atoms with Crippen molar-refractivity contribution in [3.05, 3.63) is 24.5 Å². The Morgan fingerprint density at radius 1 is 1.00 bits per heavy atom. The smallest absolute Gasteiger partial charge is 0.116 e. The van der Waals surface area contributed by atoms with Crippen LogP contribution in [0.25, 0.3) is 0 Å². The minimum Gasteiger partial charge on any atom is -0.494 e. The van der Waals surface area contributed by atoms with Crippen molar-refractivity contribution in [2.24, 2.45) is 0 Å². The Kier molecular flexibility index (Phi) is 6.21. The number of rotatable bonds is 7. The molecular weight excluding hydrogens is 172 g/mol. The van der Waals surface area contributed by atoms with E-state index in [9.17, 15) is 0 Å². The quantitative estimate of drug-likeness (QED) is 0.552. The van der Waals surface area contributed by atoms with Crippen molar-refractivity contribution in [3.63, 3.8) is 0 Å². The number of ether oxygens (including phenoxy) is 1. The Bertz CT molecular complexity index is 182. The van der Waals surface area contributed by atoms with Crippen LogP contribution >= 0.6 is 0 Å². The molecule has 1 unspecified atom stereocenters. The zero-order valence-corrected chi connectivity index (χ0v) is 9.24. The van der Waals surface area contributed by atoms with E-state index in [0.29, 0.717) is 6.10 Å². The molecule has 1 rings (SSSR count). The van der Waals surface area contributed by atoms with Gasteiger partial charge in [-0.1, -0.05) is 45.1 Å². The fourth-order valence-electron chi connectivity index (χ4n) is 1.72. The van der Waals surface area contributed by atoms with Gasteiger partial charge in [0.05, 0.1) is 6.26 Å². The van der Waals surface area contributed by atoms with Crippen molar-refractivity contribution in [3.8, 4) is 0 Å². The Balaban J connectivity index is 1.88. The van der Waals surface area contributed by atoms with Gasteiger partial charge in [0.2, 0.25) is 0 Å². The van der Waals surface area contributed by atoms with Crippen LogP contribution in [0.1, 0.15) is 51.9 Å². The average molecular weight is 194 g/mol. The molecule has 0 bridgehead atoms. The van der Waals surface area contributed by atoms with Crippen molar-refractivity contribution in [1.29, 1.82) is 0 Å². The first-order valence-corrected chi connectivity index (χ1v) is 5.92. The molecule has 1 nitrogen and oxygen atoms in total. The number of hydrogen-bond acceptors (Lipinski definition) is 1. The van der Waals surface area contributed by atoms with Gasteiger partial charge < -0.3 is 4.74 Å². The van der Waals surface area contributed by atoms with Gasteiger partial charge in [-0.2, -0.15) is 0 Å². The fraction of sp³-hybridized carbons (Fsp3) is 0.692. The minimum absolute atomic E-state index is 0.339. The van der Waals surface area contributed by atoms with Gasteiger partial charge in [-0.3, -0.25) is 0 Å². The van der Waals surface area contributed by atoms with Crippen molar-refractivity contribution in [2.75, 3.05) is 0 Å². The van der Waals surface area contributed by atoms with E-state index in [4.69, 9.17) is 4.74 Å². The van der Waals surface area contributed by atoms with Gasteiger partial charge in [-0.15, -0.1) is 0 Å². The first kappa shape index (κ1) is 11.4. The second kappa shape index (κ2) is 7.66. The molecule has 1 heterocycles. The summed E-state index contributed by atoms with van der Waals surface area (Å²) in [5.74, 6) is 0. The summed E-state index contributed by atoms with van der Waals surface area (Å²) < 4.78 is 5.44. The van der Waals surface area contributed by atoms with E-state index < -0.39 is 0 Å². The Hall–Kier alpha value is -0.720. The molecule has 1 aliphatic heterocycles. The summed E-state index contributed by atoms with van der Waals surface area (Å²) in [7, 11) is 0. The summed E-state index contributed by atoms with van der Waals surface area (Å²) in [5, 5.41) is 0. The maximum Gasteiger partial charge on any atom is 0.116 e. The van der Waals surface area contributed by atoms with E-state index in [1.807, 2.05) is 6.08 Å². The summed E-state index contributed by atoms with van der Waals surface area (Å²) in [5.41, 5.74) is 0. The average Bonchev–Trinajstić information content (AvgIpc) is 2.25. The van der Waals surface area contributed by atoms with E-state index in [-0.39, 0.29) is 0 Å². The van der Waals surface area contributed by atoms with E-state index in [1.165, 1.54) is 44.9 Å². The Labute approximate surface area is 87.8 Å². The van der Waals surface area contributed by atoms with Crippen LogP contribution in [0, 0.1) is 0 Å². The van der Waals surface area contributed by atoms with E-state index in [0.717, 1.165) is 0 Å². The van der Waals surface area contributed by atoms with E-state index in [1.54, 1.807) is 6.26 Å². The minimum atomic E-state index is 0.339. The molecule has 1 heteroatoms. The molecule has 0 fully saturated rings. The maximum absolute atomic E-state index is 5.44. The molecule has 0 aromatic heterocycles. The highest BCUT2D eigenvalue weighted by atomic mass is 16.5. The van der Waals surface area contributed by atoms with E-state index >= 15 is 0 Å². The van der Waals surface area contributed by atoms with Crippen LogP contribution in [0.3, 0.4) is 0 Å². The summed E-state index contributed by atoms with van der Waals surface area (Å²) in [6.45, 7) is 2.26. The monoisotopic (exact) mass is 194 g/mol. The van der Waals surface area contributed by atoms with Crippen LogP contribution in [0.4, 0.5) is 0 Å². The van der Waals surface area contributed by atoms with Crippen LogP contribution < -0.4 is 0 Å². The first-order chi connectivity index (χ1) is 6.93. The fourth-order valence-corrected chi connectivity index (χ4v) is 1.72. The normalized spacial score (nSPS) is 19.6. The van der Waals surface area contributed by atoms with Crippen LogP contribution in [0.5, 0.6) is 0 Å².